The topological polar surface area (TPSA) is 88.2 Å². The first-order valence-corrected chi connectivity index (χ1v) is 8.49. The molecule has 2 fully saturated rings. The second-order valence-electron chi connectivity index (χ2n) is 7.12. The molecule has 3 amide bonds. The van der Waals surface area contributed by atoms with Gasteiger partial charge in [-0.15, -0.1) is 0 Å². The predicted molar refractivity (Wildman–Crippen MR) is 94.4 cm³/mol. The van der Waals surface area contributed by atoms with Crippen molar-refractivity contribution < 1.29 is 23.9 Å². The van der Waals surface area contributed by atoms with E-state index < -0.39 is 35.1 Å². The average Bonchev–Trinajstić information content (AvgIpc) is 3.16. The number of carbonyl (C=O) groups is 3. The normalized spacial score (nSPS) is 28.9. The summed E-state index contributed by atoms with van der Waals surface area (Å²) in [7, 11) is 1.61. The van der Waals surface area contributed by atoms with Gasteiger partial charge in [-0.05, 0) is 32.1 Å². The molecule has 0 unspecified atom stereocenters. The lowest BCUT2D eigenvalue weighted by atomic mass is 9.86. The number of rotatable bonds is 1. The molecular weight excluding hydrogens is 358 g/mol. The number of hydrogen-bond acceptors (Lipinski definition) is 6. The molecule has 0 bridgehead atoms. The number of carbonyl (C=O) groups excluding carboxylic acids is 3. The molecule has 1 aromatic carbocycles. The highest BCUT2D eigenvalue weighted by Gasteiger charge is 2.66. The van der Waals surface area contributed by atoms with Crippen LogP contribution >= 0.6 is 12.2 Å². The number of hydrogen-bond donors (Lipinski definition) is 1. The molecule has 3 heterocycles. The summed E-state index contributed by atoms with van der Waals surface area (Å²) in [5, 5.41) is 2.71. The molecule has 26 heavy (non-hydrogen) atoms. The number of nitrogens with zero attached hydrogens (tertiary/aromatic N) is 2. The van der Waals surface area contributed by atoms with Gasteiger partial charge in [-0.2, -0.15) is 0 Å². The predicted octanol–water partition coefficient (Wildman–Crippen LogP) is 0.889. The van der Waals surface area contributed by atoms with Gasteiger partial charge >= 0.3 is 6.09 Å². The summed E-state index contributed by atoms with van der Waals surface area (Å²) in [5.41, 5.74) is -1.32. The Kier molecular flexibility index (Phi) is 3.33. The molecule has 8 nitrogen and oxygen atoms in total. The number of thiocarbonyl (C=S) groups is 1. The van der Waals surface area contributed by atoms with Crippen molar-refractivity contribution in [3.63, 3.8) is 0 Å². The molecule has 136 valence electrons. The zero-order chi connectivity index (χ0) is 18.9. The van der Waals surface area contributed by atoms with Crippen molar-refractivity contribution in [1.82, 2.24) is 10.2 Å². The van der Waals surface area contributed by atoms with E-state index in [1.54, 1.807) is 45.2 Å². The minimum absolute atomic E-state index is 0.0628. The van der Waals surface area contributed by atoms with Gasteiger partial charge in [0.25, 0.3) is 17.0 Å². The molecule has 1 spiro atoms. The highest BCUT2D eigenvalue weighted by molar-refractivity contribution is 7.80. The Balaban J connectivity index is 1.85. The number of benzene rings is 1. The van der Waals surface area contributed by atoms with Gasteiger partial charge in [-0.1, -0.05) is 18.2 Å². The van der Waals surface area contributed by atoms with Crippen LogP contribution < -0.4 is 10.2 Å². The Hall–Kier alpha value is -2.68. The summed E-state index contributed by atoms with van der Waals surface area (Å²) in [5.74, 6) is -1.04. The van der Waals surface area contributed by atoms with E-state index in [4.69, 9.17) is 21.7 Å². The van der Waals surface area contributed by atoms with Crippen LogP contribution in [0.25, 0.3) is 0 Å². The zero-order valence-electron chi connectivity index (χ0n) is 14.4. The Morgan fingerprint density at radius 1 is 1.31 bits per heavy atom. The van der Waals surface area contributed by atoms with Crippen molar-refractivity contribution in [3.05, 3.63) is 29.8 Å². The second-order valence-corrected chi connectivity index (χ2v) is 7.50. The first-order chi connectivity index (χ1) is 12.2. The maximum atomic E-state index is 13.3. The van der Waals surface area contributed by atoms with E-state index in [1.165, 1.54) is 4.90 Å². The fourth-order valence-corrected chi connectivity index (χ4v) is 4.00. The third-order valence-corrected chi connectivity index (χ3v) is 5.22. The summed E-state index contributed by atoms with van der Waals surface area (Å²) in [6.45, 7) is 3.51. The smallest absolute Gasteiger partial charge is 0.417 e. The van der Waals surface area contributed by atoms with Crippen LogP contribution in [-0.4, -0.2) is 53.2 Å². The molecule has 9 heteroatoms. The van der Waals surface area contributed by atoms with Crippen LogP contribution in [0.4, 0.5) is 10.5 Å². The van der Waals surface area contributed by atoms with Crippen LogP contribution in [0.2, 0.25) is 0 Å². The van der Waals surface area contributed by atoms with E-state index in [1.807, 2.05) is 0 Å². The van der Waals surface area contributed by atoms with Crippen molar-refractivity contribution >= 4 is 41.0 Å². The van der Waals surface area contributed by atoms with Gasteiger partial charge in [-0.3, -0.25) is 9.59 Å². The number of nitrogens with one attached hydrogen (secondary N) is 1. The standard InChI is InChI=1S/C17H17N3O5S/c1-16(2)8-24-15(23)20(16)12(21)11-17(25-14(26)18-11)9-6-4-5-7-10(9)19(3)13(17)22/h4-7,11H,8H2,1-3H3,(H,18,26)/t11-,17-/m0/s1. The number of anilines is 1. The van der Waals surface area contributed by atoms with E-state index >= 15 is 0 Å². The van der Waals surface area contributed by atoms with Crippen molar-refractivity contribution in [2.24, 2.45) is 0 Å². The first-order valence-electron chi connectivity index (χ1n) is 8.08. The van der Waals surface area contributed by atoms with Gasteiger partial charge in [0.05, 0.1) is 11.2 Å². The molecule has 2 saturated heterocycles. The lowest BCUT2D eigenvalue weighted by molar-refractivity contribution is -0.145. The quantitative estimate of drug-likeness (QED) is 0.729. The Labute approximate surface area is 155 Å². The van der Waals surface area contributed by atoms with Crippen LogP contribution in [-0.2, 0) is 24.7 Å². The minimum atomic E-state index is -1.64. The zero-order valence-corrected chi connectivity index (χ0v) is 15.3. The summed E-state index contributed by atoms with van der Waals surface area (Å²) in [4.78, 5) is 41.0. The summed E-state index contributed by atoms with van der Waals surface area (Å²) < 4.78 is 10.8. The molecule has 1 aromatic rings. The molecule has 0 radical (unpaired) electrons. The van der Waals surface area contributed by atoms with E-state index in [0.717, 1.165) is 4.90 Å². The first kappa shape index (κ1) is 16.8. The van der Waals surface area contributed by atoms with Crippen molar-refractivity contribution in [2.75, 3.05) is 18.6 Å². The molecule has 0 aliphatic carbocycles. The molecule has 3 aliphatic rings. The summed E-state index contributed by atoms with van der Waals surface area (Å²) >= 11 is 5.12. The maximum Gasteiger partial charge on any atom is 0.417 e. The lowest BCUT2D eigenvalue weighted by Crippen LogP contribution is -2.60. The van der Waals surface area contributed by atoms with Gasteiger partial charge in [0.2, 0.25) is 5.60 Å². The van der Waals surface area contributed by atoms with E-state index in [0.29, 0.717) is 11.3 Å². The lowest BCUT2D eigenvalue weighted by Gasteiger charge is -2.32. The van der Waals surface area contributed by atoms with Crippen LogP contribution in [0.3, 0.4) is 0 Å². The third kappa shape index (κ3) is 1.94. The van der Waals surface area contributed by atoms with Gasteiger partial charge in [0, 0.05) is 12.6 Å². The fourth-order valence-electron chi connectivity index (χ4n) is 3.75. The monoisotopic (exact) mass is 375 g/mol. The van der Waals surface area contributed by atoms with Crippen molar-refractivity contribution in [1.29, 1.82) is 0 Å². The van der Waals surface area contributed by atoms with Crippen LogP contribution in [0.15, 0.2) is 24.3 Å². The van der Waals surface area contributed by atoms with Crippen LogP contribution in [0.1, 0.15) is 19.4 Å². The number of ether oxygens (including phenoxy) is 2. The van der Waals surface area contributed by atoms with Crippen molar-refractivity contribution in [3.8, 4) is 0 Å². The fraction of sp³-hybridized carbons (Fsp3) is 0.412. The molecular formula is C17H17N3O5S. The number of imide groups is 1. The third-order valence-electron chi connectivity index (χ3n) is 5.01. The second kappa shape index (κ2) is 5.16. The van der Waals surface area contributed by atoms with Crippen LogP contribution in [0.5, 0.6) is 0 Å². The average molecular weight is 375 g/mol. The van der Waals surface area contributed by atoms with E-state index in [9.17, 15) is 14.4 Å². The number of para-hydroxylation sites is 1. The molecule has 4 rings (SSSR count). The van der Waals surface area contributed by atoms with E-state index in [-0.39, 0.29) is 11.8 Å². The Morgan fingerprint density at radius 2 is 2.00 bits per heavy atom. The van der Waals surface area contributed by atoms with Gasteiger partial charge < -0.3 is 19.7 Å². The Morgan fingerprint density at radius 3 is 2.65 bits per heavy atom. The number of fused-ring (bicyclic) bond motifs is 2. The summed E-state index contributed by atoms with van der Waals surface area (Å²) in [6.07, 6.45) is -0.748. The van der Waals surface area contributed by atoms with Crippen LogP contribution in [0, 0.1) is 0 Å². The van der Waals surface area contributed by atoms with Gasteiger partial charge in [0.15, 0.2) is 6.04 Å². The SMILES string of the molecule is CN1C(=O)[C@]2(OC(=S)N[C@H]2C(=O)N2C(=O)OCC2(C)C)c2ccccc21. The number of amides is 3. The number of cyclic esters (lactones) is 1. The highest BCUT2D eigenvalue weighted by atomic mass is 32.1. The van der Waals surface area contributed by atoms with Gasteiger partial charge in [-0.25, -0.2) is 9.69 Å². The maximum absolute atomic E-state index is 13.3. The van der Waals surface area contributed by atoms with Gasteiger partial charge in [0.1, 0.15) is 6.61 Å². The molecule has 1 N–H and O–H groups in total. The molecule has 0 saturated carbocycles. The Bertz CT molecular complexity index is 870. The molecule has 0 aromatic heterocycles. The number of likely N-dealkylation sites (N-methyl/N-ethyl adjacent to an activating group) is 1. The van der Waals surface area contributed by atoms with E-state index in [2.05, 4.69) is 5.32 Å². The molecule has 2 atom stereocenters. The minimum Gasteiger partial charge on any atom is -0.447 e. The summed E-state index contributed by atoms with van der Waals surface area (Å²) in [6, 6.07) is 5.87. The largest absolute Gasteiger partial charge is 0.447 e. The molecule has 3 aliphatic heterocycles. The highest BCUT2D eigenvalue weighted by Crippen LogP contribution is 2.47. The van der Waals surface area contributed by atoms with Crippen molar-refractivity contribution in [2.45, 2.75) is 31.0 Å².